The van der Waals surface area contributed by atoms with Crippen molar-refractivity contribution in [3.8, 4) is 23.8 Å². The van der Waals surface area contributed by atoms with Crippen LogP contribution >= 0.6 is 47.0 Å². The SMILES string of the molecule is C#CCOc1c(Cl)cc(/C=C2\C(=O)NC(=S)N(c3cccc(Cl)c3Cl)C2=O)cc1OCC. The summed E-state index contributed by atoms with van der Waals surface area (Å²) in [5.74, 6) is 1.59. The monoisotopic (exact) mass is 508 g/mol. The minimum absolute atomic E-state index is 0.00603. The van der Waals surface area contributed by atoms with Crippen molar-refractivity contribution in [3.63, 3.8) is 0 Å². The highest BCUT2D eigenvalue weighted by molar-refractivity contribution is 7.80. The maximum absolute atomic E-state index is 13.2. The van der Waals surface area contributed by atoms with Gasteiger partial charge in [-0.1, -0.05) is 46.8 Å². The number of carbonyl (C=O) groups excluding carboxylic acids is 2. The van der Waals surface area contributed by atoms with Crippen LogP contribution in [0.1, 0.15) is 12.5 Å². The lowest BCUT2D eigenvalue weighted by Gasteiger charge is -2.29. The standard InChI is InChI=1S/C22H15Cl3N2O4S/c1-3-8-31-19-15(24)10-12(11-17(19)30-4-2)9-13-20(28)26-22(32)27(21(13)29)16-7-5-6-14(23)18(16)25/h1,5-7,9-11H,4,8H2,2H3,(H,26,28,32)/b13-9+. The minimum atomic E-state index is -0.676. The van der Waals surface area contributed by atoms with Gasteiger partial charge in [0.1, 0.15) is 12.2 Å². The number of nitrogens with one attached hydrogen (secondary N) is 1. The second-order valence-electron chi connectivity index (χ2n) is 6.29. The van der Waals surface area contributed by atoms with E-state index in [4.69, 9.17) is 62.9 Å². The second-order valence-corrected chi connectivity index (χ2v) is 7.87. The molecule has 0 spiro atoms. The van der Waals surface area contributed by atoms with Crippen molar-refractivity contribution in [2.75, 3.05) is 18.1 Å². The largest absolute Gasteiger partial charge is 0.490 e. The molecule has 2 amide bonds. The van der Waals surface area contributed by atoms with Gasteiger partial charge in [-0.3, -0.25) is 19.8 Å². The van der Waals surface area contributed by atoms with E-state index in [0.717, 1.165) is 4.90 Å². The molecule has 164 valence electrons. The fraction of sp³-hybridized carbons (Fsp3) is 0.136. The van der Waals surface area contributed by atoms with Gasteiger partial charge in [0.2, 0.25) is 0 Å². The number of hydrogen-bond donors (Lipinski definition) is 1. The molecule has 1 saturated heterocycles. The lowest BCUT2D eigenvalue weighted by Crippen LogP contribution is -2.54. The average Bonchev–Trinajstić information content (AvgIpc) is 2.73. The first-order chi connectivity index (χ1) is 15.3. The van der Waals surface area contributed by atoms with E-state index in [1.165, 1.54) is 12.1 Å². The molecular formula is C22H15Cl3N2O4S. The Hall–Kier alpha value is -2.76. The Morgan fingerprint density at radius 2 is 1.94 bits per heavy atom. The fourth-order valence-electron chi connectivity index (χ4n) is 2.90. The molecule has 1 heterocycles. The third-order valence-electron chi connectivity index (χ3n) is 4.22. The Morgan fingerprint density at radius 3 is 2.62 bits per heavy atom. The predicted molar refractivity (Wildman–Crippen MR) is 130 cm³/mol. The average molecular weight is 510 g/mol. The van der Waals surface area contributed by atoms with E-state index >= 15 is 0 Å². The number of terminal acetylenes is 1. The first kappa shape index (κ1) is 23.9. The van der Waals surface area contributed by atoms with Crippen LogP contribution in [0.3, 0.4) is 0 Å². The molecule has 1 aliphatic heterocycles. The first-order valence-electron chi connectivity index (χ1n) is 9.16. The minimum Gasteiger partial charge on any atom is -0.490 e. The van der Waals surface area contributed by atoms with Gasteiger partial charge in [0.15, 0.2) is 16.6 Å². The van der Waals surface area contributed by atoms with E-state index in [9.17, 15) is 9.59 Å². The summed E-state index contributed by atoms with van der Waals surface area (Å²) in [5, 5.41) is 2.92. The van der Waals surface area contributed by atoms with Crippen LogP contribution in [0.2, 0.25) is 15.1 Å². The maximum atomic E-state index is 13.2. The maximum Gasteiger partial charge on any atom is 0.270 e. The molecule has 2 aromatic carbocycles. The number of rotatable bonds is 6. The number of carbonyl (C=O) groups is 2. The normalized spacial score (nSPS) is 14.9. The van der Waals surface area contributed by atoms with Crippen molar-refractivity contribution in [1.82, 2.24) is 5.32 Å². The number of amides is 2. The van der Waals surface area contributed by atoms with Crippen molar-refractivity contribution >= 4 is 75.7 Å². The van der Waals surface area contributed by atoms with Crippen LogP contribution in [-0.4, -0.2) is 30.1 Å². The van der Waals surface area contributed by atoms with Gasteiger partial charge in [-0.25, -0.2) is 0 Å². The molecule has 1 fully saturated rings. The molecular weight excluding hydrogens is 495 g/mol. The van der Waals surface area contributed by atoms with Gasteiger partial charge in [-0.05, 0) is 55.0 Å². The molecule has 0 bridgehead atoms. The van der Waals surface area contributed by atoms with E-state index in [1.807, 2.05) is 0 Å². The number of hydrogen-bond acceptors (Lipinski definition) is 5. The molecule has 3 rings (SSSR count). The molecule has 0 saturated carbocycles. The molecule has 1 aliphatic rings. The molecule has 10 heteroatoms. The molecule has 0 aromatic heterocycles. The van der Waals surface area contributed by atoms with Gasteiger partial charge in [-0.2, -0.15) is 0 Å². The number of benzene rings is 2. The summed E-state index contributed by atoms with van der Waals surface area (Å²) in [4.78, 5) is 26.9. The Bertz CT molecular complexity index is 1190. The Balaban J connectivity index is 2.06. The molecule has 32 heavy (non-hydrogen) atoms. The Kier molecular flexibility index (Phi) is 7.64. The van der Waals surface area contributed by atoms with E-state index in [0.29, 0.717) is 17.9 Å². The highest BCUT2D eigenvalue weighted by Crippen LogP contribution is 2.38. The van der Waals surface area contributed by atoms with E-state index < -0.39 is 11.8 Å². The van der Waals surface area contributed by atoms with Crippen LogP contribution in [-0.2, 0) is 9.59 Å². The highest BCUT2D eigenvalue weighted by atomic mass is 35.5. The van der Waals surface area contributed by atoms with Crippen LogP contribution in [0.15, 0.2) is 35.9 Å². The Labute approximate surface area is 205 Å². The topological polar surface area (TPSA) is 67.9 Å². The molecule has 0 radical (unpaired) electrons. The summed E-state index contributed by atoms with van der Waals surface area (Å²) >= 11 is 23.8. The van der Waals surface area contributed by atoms with Gasteiger partial charge in [0.05, 0.1) is 27.4 Å². The summed E-state index contributed by atoms with van der Waals surface area (Å²) in [6, 6.07) is 7.85. The Morgan fingerprint density at radius 1 is 1.19 bits per heavy atom. The zero-order valence-electron chi connectivity index (χ0n) is 16.6. The van der Waals surface area contributed by atoms with E-state index in [1.54, 1.807) is 31.2 Å². The van der Waals surface area contributed by atoms with Gasteiger partial charge in [0, 0.05) is 0 Å². The van der Waals surface area contributed by atoms with Crippen molar-refractivity contribution < 1.29 is 19.1 Å². The van der Waals surface area contributed by atoms with Crippen LogP contribution < -0.4 is 19.7 Å². The summed E-state index contributed by atoms with van der Waals surface area (Å²) in [6.07, 6.45) is 6.61. The molecule has 0 unspecified atom stereocenters. The van der Waals surface area contributed by atoms with Crippen LogP contribution in [0.4, 0.5) is 5.69 Å². The molecule has 2 aromatic rings. The number of anilines is 1. The first-order valence-corrected chi connectivity index (χ1v) is 10.7. The summed E-state index contributed by atoms with van der Waals surface area (Å²) in [6.45, 7) is 2.11. The smallest absolute Gasteiger partial charge is 0.270 e. The number of thiocarbonyl (C=S) groups is 1. The summed E-state index contributed by atoms with van der Waals surface area (Å²) < 4.78 is 11.0. The highest BCUT2D eigenvalue weighted by Gasteiger charge is 2.35. The number of ether oxygens (including phenoxy) is 2. The lowest BCUT2D eigenvalue weighted by atomic mass is 10.1. The fourth-order valence-corrected chi connectivity index (χ4v) is 3.82. The zero-order chi connectivity index (χ0) is 23.4. The zero-order valence-corrected chi connectivity index (χ0v) is 19.7. The van der Waals surface area contributed by atoms with Gasteiger partial charge >= 0.3 is 0 Å². The molecule has 6 nitrogen and oxygen atoms in total. The van der Waals surface area contributed by atoms with E-state index in [-0.39, 0.29) is 43.8 Å². The number of halogens is 3. The number of nitrogens with zero attached hydrogens (tertiary/aromatic N) is 1. The summed E-state index contributed by atoms with van der Waals surface area (Å²) in [5.41, 5.74) is 0.478. The second kappa shape index (κ2) is 10.2. The molecule has 1 N–H and O–H groups in total. The van der Waals surface area contributed by atoms with Crippen molar-refractivity contribution in [1.29, 1.82) is 0 Å². The third kappa shape index (κ3) is 4.84. The van der Waals surface area contributed by atoms with Gasteiger partial charge in [0.25, 0.3) is 11.8 Å². The predicted octanol–water partition coefficient (Wildman–Crippen LogP) is 4.89. The van der Waals surface area contributed by atoms with Crippen molar-refractivity contribution in [2.24, 2.45) is 0 Å². The van der Waals surface area contributed by atoms with E-state index in [2.05, 4.69) is 11.2 Å². The lowest BCUT2D eigenvalue weighted by molar-refractivity contribution is -0.122. The van der Waals surface area contributed by atoms with Crippen LogP contribution in [0.25, 0.3) is 6.08 Å². The summed E-state index contributed by atoms with van der Waals surface area (Å²) in [7, 11) is 0. The van der Waals surface area contributed by atoms with Crippen molar-refractivity contribution in [3.05, 3.63) is 56.5 Å². The molecule has 0 aliphatic carbocycles. The van der Waals surface area contributed by atoms with Crippen LogP contribution in [0.5, 0.6) is 11.5 Å². The van der Waals surface area contributed by atoms with Crippen molar-refractivity contribution in [2.45, 2.75) is 6.92 Å². The third-order valence-corrected chi connectivity index (χ3v) is 5.59. The van der Waals surface area contributed by atoms with Crippen LogP contribution in [0, 0.1) is 12.3 Å². The molecule has 0 atom stereocenters. The quantitative estimate of drug-likeness (QED) is 0.260. The van der Waals surface area contributed by atoms with Gasteiger partial charge < -0.3 is 9.47 Å². The van der Waals surface area contributed by atoms with Gasteiger partial charge in [-0.15, -0.1) is 6.42 Å².